The Morgan fingerprint density at radius 3 is 2.24 bits per heavy atom. The minimum absolute atomic E-state index is 0.121. The Hall–Kier alpha value is -5.13. The predicted molar refractivity (Wildman–Crippen MR) is 122 cm³/mol. The van der Waals surface area contributed by atoms with Crippen LogP contribution in [-0.2, 0) is 4.79 Å². The maximum atomic E-state index is 12.0. The molecule has 0 aliphatic carbocycles. The van der Waals surface area contributed by atoms with Gasteiger partial charge in [-0.15, -0.1) is 0 Å². The number of amides is 2. The Labute approximate surface area is 192 Å². The molecule has 34 heavy (non-hydrogen) atoms. The minimum Gasteiger partial charge on any atom is -0.484 e. The number of carbonyl (C=O) groups is 2. The zero-order valence-electron chi connectivity index (χ0n) is 17.4. The number of ether oxygens (including phenoxy) is 1. The van der Waals surface area contributed by atoms with Crippen LogP contribution < -0.4 is 15.5 Å². The summed E-state index contributed by atoms with van der Waals surface area (Å²) in [6.07, 6.45) is 1.39. The number of hydrogen-bond acceptors (Lipinski definition) is 8. The lowest BCUT2D eigenvalue weighted by molar-refractivity contribution is -0.385. The lowest BCUT2D eigenvalue weighted by Crippen LogP contribution is -2.20. The number of benzene rings is 3. The summed E-state index contributed by atoms with van der Waals surface area (Å²) in [5.74, 6) is -0.609. The second-order valence-electron chi connectivity index (χ2n) is 6.72. The standard InChI is InChI=1S/C22H17N5O7/c28-21(24-17-2-1-3-19(12-17)27(32)33)14-34-20-10-4-15(5-11-20)13-23-25-22(29)16-6-8-18(9-7-16)26(30)31/h1-13H,14H2,(H,24,28)(H,25,29)/b23-13-. The molecule has 2 N–H and O–H groups in total. The number of hydrogen-bond donors (Lipinski definition) is 2. The molecule has 0 saturated carbocycles. The number of hydrazone groups is 1. The maximum Gasteiger partial charge on any atom is 0.271 e. The highest BCUT2D eigenvalue weighted by atomic mass is 16.6. The van der Waals surface area contributed by atoms with Crippen LogP contribution in [0.4, 0.5) is 17.1 Å². The predicted octanol–water partition coefficient (Wildman–Crippen LogP) is 3.28. The summed E-state index contributed by atoms with van der Waals surface area (Å²) in [4.78, 5) is 44.3. The Morgan fingerprint density at radius 2 is 1.59 bits per heavy atom. The van der Waals surface area contributed by atoms with E-state index in [9.17, 15) is 29.8 Å². The van der Waals surface area contributed by atoms with Crippen LogP contribution in [0, 0.1) is 20.2 Å². The van der Waals surface area contributed by atoms with Crippen LogP contribution in [0.15, 0.2) is 77.9 Å². The van der Waals surface area contributed by atoms with Crippen molar-refractivity contribution in [2.75, 3.05) is 11.9 Å². The smallest absolute Gasteiger partial charge is 0.271 e. The van der Waals surface area contributed by atoms with Crippen molar-refractivity contribution in [2.45, 2.75) is 0 Å². The van der Waals surface area contributed by atoms with Crippen LogP contribution in [0.3, 0.4) is 0 Å². The molecule has 2 amide bonds. The second kappa shape index (κ2) is 10.9. The highest BCUT2D eigenvalue weighted by molar-refractivity contribution is 5.95. The number of carbonyl (C=O) groups excluding carboxylic acids is 2. The van der Waals surface area contributed by atoms with E-state index in [1.54, 1.807) is 24.3 Å². The average Bonchev–Trinajstić information content (AvgIpc) is 2.83. The molecule has 12 heteroatoms. The van der Waals surface area contributed by atoms with Gasteiger partial charge in [0.2, 0.25) is 0 Å². The van der Waals surface area contributed by atoms with Crippen LogP contribution >= 0.6 is 0 Å². The van der Waals surface area contributed by atoms with E-state index in [1.807, 2.05) is 0 Å². The molecule has 0 fully saturated rings. The fourth-order valence-corrected chi connectivity index (χ4v) is 2.66. The number of rotatable bonds is 9. The van der Waals surface area contributed by atoms with Crippen molar-refractivity contribution in [2.24, 2.45) is 5.10 Å². The molecule has 0 radical (unpaired) electrons. The van der Waals surface area contributed by atoms with Gasteiger partial charge in [0.15, 0.2) is 6.61 Å². The van der Waals surface area contributed by atoms with Crippen LogP contribution in [0.1, 0.15) is 15.9 Å². The summed E-state index contributed by atoms with van der Waals surface area (Å²) in [7, 11) is 0. The van der Waals surface area contributed by atoms with Crippen molar-refractivity contribution in [3.63, 3.8) is 0 Å². The van der Waals surface area contributed by atoms with Crippen LogP contribution in [0.2, 0.25) is 0 Å². The molecule has 0 aromatic heterocycles. The van der Waals surface area contributed by atoms with Crippen molar-refractivity contribution < 1.29 is 24.2 Å². The number of nitro groups is 2. The quantitative estimate of drug-likeness (QED) is 0.279. The van der Waals surface area contributed by atoms with E-state index < -0.39 is 21.7 Å². The van der Waals surface area contributed by atoms with Gasteiger partial charge in [-0.3, -0.25) is 29.8 Å². The van der Waals surface area contributed by atoms with Crippen molar-refractivity contribution in [1.29, 1.82) is 0 Å². The van der Waals surface area contributed by atoms with Crippen molar-refractivity contribution >= 4 is 35.1 Å². The van der Waals surface area contributed by atoms with Gasteiger partial charge in [0.1, 0.15) is 5.75 Å². The van der Waals surface area contributed by atoms with E-state index in [2.05, 4.69) is 15.8 Å². The van der Waals surface area contributed by atoms with Gasteiger partial charge in [-0.1, -0.05) is 6.07 Å². The molecule has 0 saturated heterocycles. The number of nitrogens with one attached hydrogen (secondary N) is 2. The minimum atomic E-state index is -0.559. The third-order valence-electron chi connectivity index (χ3n) is 4.31. The third-order valence-corrected chi connectivity index (χ3v) is 4.31. The lowest BCUT2D eigenvalue weighted by Gasteiger charge is -2.07. The first-order chi connectivity index (χ1) is 16.3. The highest BCUT2D eigenvalue weighted by Gasteiger charge is 2.10. The van der Waals surface area contributed by atoms with Crippen molar-refractivity contribution in [3.8, 4) is 5.75 Å². The van der Waals surface area contributed by atoms with Crippen LogP contribution in [0.5, 0.6) is 5.75 Å². The molecule has 0 aliphatic heterocycles. The average molecular weight is 463 g/mol. The topological polar surface area (TPSA) is 166 Å². The molecule has 0 spiro atoms. The van der Waals surface area contributed by atoms with Gasteiger partial charge in [0.25, 0.3) is 23.2 Å². The van der Waals surface area contributed by atoms with E-state index >= 15 is 0 Å². The number of anilines is 1. The summed E-state index contributed by atoms with van der Waals surface area (Å²) in [6, 6.07) is 17.1. The van der Waals surface area contributed by atoms with Gasteiger partial charge in [-0.05, 0) is 48.0 Å². The molecule has 172 valence electrons. The molecule has 0 bridgehead atoms. The summed E-state index contributed by atoms with van der Waals surface area (Å²) in [5, 5.41) is 27.8. The van der Waals surface area contributed by atoms with Gasteiger partial charge < -0.3 is 10.1 Å². The fraction of sp³-hybridized carbons (Fsp3) is 0.0455. The molecule has 0 heterocycles. The zero-order chi connectivity index (χ0) is 24.5. The van der Waals surface area contributed by atoms with Crippen LogP contribution in [-0.4, -0.2) is 34.5 Å². The van der Waals surface area contributed by atoms with Crippen molar-refractivity contribution in [1.82, 2.24) is 5.43 Å². The molecule has 0 aliphatic rings. The summed E-state index contributed by atoms with van der Waals surface area (Å²) >= 11 is 0. The second-order valence-corrected chi connectivity index (χ2v) is 6.72. The molecule has 3 rings (SSSR count). The highest BCUT2D eigenvalue weighted by Crippen LogP contribution is 2.17. The fourth-order valence-electron chi connectivity index (χ4n) is 2.66. The van der Waals surface area contributed by atoms with Gasteiger partial charge in [0, 0.05) is 35.5 Å². The monoisotopic (exact) mass is 463 g/mol. The molecule has 0 unspecified atom stereocenters. The largest absolute Gasteiger partial charge is 0.484 e. The van der Waals surface area contributed by atoms with E-state index in [1.165, 1.54) is 54.7 Å². The first-order valence-corrected chi connectivity index (χ1v) is 9.67. The number of non-ortho nitro benzene ring substituents is 2. The Morgan fingerprint density at radius 1 is 0.912 bits per heavy atom. The molecular weight excluding hydrogens is 446 g/mol. The number of nitrogens with zero attached hydrogens (tertiary/aromatic N) is 3. The Kier molecular flexibility index (Phi) is 7.58. The van der Waals surface area contributed by atoms with E-state index in [0.717, 1.165) is 0 Å². The lowest BCUT2D eigenvalue weighted by atomic mass is 10.2. The SMILES string of the molecule is O=C(COc1ccc(/C=N\NC(=O)c2ccc([N+](=O)[O-])cc2)cc1)Nc1cccc([N+](=O)[O-])c1. The van der Waals surface area contributed by atoms with Gasteiger partial charge in [-0.25, -0.2) is 5.43 Å². The molecular formula is C22H17N5O7. The van der Waals surface area contributed by atoms with E-state index in [0.29, 0.717) is 11.3 Å². The molecule has 3 aromatic rings. The third kappa shape index (κ3) is 6.68. The van der Waals surface area contributed by atoms with E-state index in [-0.39, 0.29) is 29.2 Å². The van der Waals surface area contributed by atoms with Gasteiger partial charge in [-0.2, -0.15) is 5.10 Å². The molecule has 0 atom stereocenters. The summed E-state index contributed by atoms with van der Waals surface area (Å²) in [5.41, 5.74) is 3.20. The van der Waals surface area contributed by atoms with Crippen LogP contribution in [0.25, 0.3) is 0 Å². The van der Waals surface area contributed by atoms with E-state index in [4.69, 9.17) is 4.74 Å². The zero-order valence-corrected chi connectivity index (χ0v) is 17.4. The summed E-state index contributed by atoms with van der Waals surface area (Å²) in [6.45, 7) is -0.304. The summed E-state index contributed by atoms with van der Waals surface area (Å²) < 4.78 is 5.39. The Bertz CT molecular complexity index is 1240. The van der Waals surface area contributed by atoms with Crippen molar-refractivity contribution in [3.05, 3.63) is 104 Å². The first-order valence-electron chi connectivity index (χ1n) is 9.67. The first kappa shape index (κ1) is 23.5. The van der Waals surface area contributed by atoms with Gasteiger partial charge in [0.05, 0.1) is 16.1 Å². The normalized spacial score (nSPS) is 10.5. The maximum absolute atomic E-state index is 12.0. The molecule has 3 aromatic carbocycles. The number of nitro benzene ring substituents is 2. The van der Waals surface area contributed by atoms with Gasteiger partial charge >= 0.3 is 0 Å². The Balaban J connectivity index is 1.47. The molecule has 12 nitrogen and oxygen atoms in total.